The average molecular weight is 321 g/mol. The largest absolute Gasteiger partial charge is 0.452 e. The van der Waals surface area contributed by atoms with Crippen molar-refractivity contribution in [1.82, 2.24) is 5.32 Å². The lowest BCUT2D eigenvalue weighted by Gasteiger charge is -2.22. The van der Waals surface area contributed by atoms with E-state index in [2.05, 4.69) is 5.32 Å². The number of carbonyl (C=O) groups excluding carboxylic acids is 2. The van der Waals surface area contributed by atoms with Gasteiger partial charge in [-0.05, 0) is 43.9 Å². The second-order valence-electron chi connectivity index (χ2n) is 6.08. The molecule has 0 bridgehead atoms. The minimum atomic E-state index is -0.780. The van der Waals surface area contributed by atoms with Crippen molar-refractivity contribution in [3.8, 4) is 0 Å². The molecule has 4 nitrogen and oxygen atoms in total. The zero-order valence-corrected chi connectivity index (χ0v) is 13.5. The summed E-state index contributed by atoms with van der Waals surface area (Å²) in [7, 11) is 0. The highest BCUT2D eigenvalue weighted by Gasteiger charge is 2.26. The van der Waals surface area contributed by atoms with Gasteiger partial charge in [-0.1, -0.05) is 31.4 Å². The van der Waals surface area contributed by atoms with Crippen LogP contribution in [0.4, 0.5) is 4.39 Å². The molecule has 1 aliphatic carbocycles. The van der Waals surface area contributed by atoms with E-state index in [1.807, 2.05) is 0 Å². The van der Waals surface area contributed by atoms with E-state index >= 15 is 0 Å². The van der Waals surface area contributed by atoms with Crippen molar-refractivity contribution >= 4 is 11.9 Å². The van der Waals surface area contributed by atoms with Gasteiger partial charge in [0, 0.05) is 6.54 Å². The predicted molar refractivity (Wildman–Crippen MR) is 85.2 cm³/mol. The van der Waals surface area contributed by atoms with Gasteiger partial charge in [-0.3, -0.25) is 9.59 Å². The summed E-state index contributed by atoms with van der Waals surface area (Å²) in [5.41, 5.74) is 0.943. The lowest BCUT2D eigenvalue weighted by Crippen LogP contribution is -2.38. The van der Waals surface area contributed by atoms with Crippen LogP contribution in [0.5, 0.6) is 0 Å². The molecule has 1 aliphatic rings. The van der Waals surface area contributed by atoms with Crippen LogP contribution in [-0.2, 0) is 20.7 Å². The Morgan fingerprint density at radius 3 is 2.52 bits per heavy atom. The summed E-state index contributed by atoms with van der Waals surface area (Å²) >= 11 is 0. The van der Waals surface area contributed by atoms with Crippen molar-refractivity contribution in [1.29, 1.82) is 0 Å². The second kappa shape index (κ2) is 8.65. The molecule has 1 atom stereocenters. The van der Waals surface area contributed by atoms with Gasteiger partial charge in [0.2, 0.25) is 0 Å². The summed E-state index contributed by atoms with van der Waals surface area (Å²) < 4.78 is 18.1. The molecule has 0 spiro atoms. The Labute approximate surface area is 136 Å². The Morgan fingerprint density at radius 2 is 1.87 bits per heavy atom. The van der Waals surface area contributed by atoms with Gasteiger partial charge in [0.1, 0.15) is 5.82 Å². The maximum Gasteiger partial charge on any atom is 0.309 e. The fraction of sp³-hybridized carbons (Fsp3) is 0.556. The van der Waals surface area contributed by atoms with E-state index in [4.69, 9.17) is 4.74 Å². The fourth-order valence-corrected chi connectivity index (χ4v) is 2.79. The molecule has 2 rings (SSSR count). The number of esters is 1. The first-order valence-corrected chi connectivity index (χ1v) is 8.29. The zero-order valence-electron chi connectivity index (χ0n) is 13.5. The Morgan fingerprint density at radius 1 is 1.22 bits per heavy atom. The summed E-state index contributed by atoms with van der Waals surface area (Å²) in [5, 5.41) is 2.74. The van der Waals surface area contributed by atoms with Crippen LogP contribution in [0.25, 0.3) is 0 Å². The molecule has 0 heterocycles. The monoisotopic (exact) mass is 321 g/mol. The molecular formula is C18H24FNO3. The third-order valence-electron chi connectivity index (χ3n) is 4.23. The van der Waals surface area contributed by atoms with Crippen LogP contribution in [0, 0.1) is 11.7 Å². The van der Waals surface area contributed by atoms with Gasteiger partial charge in [0.05, 0.1) is 5.92 Å². The van der Waals surface area contributed by atoms with Crippen molar-refractivity contribution in [3.05, 3.63) is 35.6 Å². The van der Waals surface area contributed by atoms with E-state index in [0.29, 0.717) is 13.0 Å². The lowest BCUT2D eigenvalue weighted by atomic mass is 9.89. The first-order valence-electron chi connectivity index (χ1n) is 8.29. The van der Waals surface area contributed by atoms with Crippen LogP contribution >= 0.6 is 0 Å². The summed E-state index contributed by atoms with van der Waals surface area (Å²) in [6.45, 7) is 2.02. The highest BCUT2D eigenvalue weighted by atomic mass is 19.1. The number of amides is 1. The number of benzene rings is 1. The molecule has 1 fully saturated rings. The quantitative estimate of drug-likeness (QED) is 0.820. The molecule has 1 amide bonds. The van der Waals surface area contributed by atoms with Crippen molar-refractivity contribution < 1.29 is 18.7 Å². The van der Waals surface area contributed by atoms with Gasteiger partial charge in [0.15, 0.2) is 6.10 Å². The average Bonchev–Trinajstić information content (AvgIpc) is 2.57. The Bertz CT molecular complexity index is 524. The van der Waals surface area contributed by atoms with Crippen LogP contribution in [0.3, 0.4) is 0 Å². The van der Waals surface area contributed by atoms with Gasteiger partial charge in [-0.25, -0.2) is 4.39 Å². The summed E-state index contributed by atoms with van der Waals surface area (Å²) in [6, 6.07) is 6.17. The number of hydrogen-bond donors (Lipinski definition) is 1. The minimum absolute atomic E-state index is 0.0572. The molecule has 126 valence electrons. The number of nitrogens with one attached hydrogen (secondary N) is 1. The minimum Gasteiger partial charge on any atom is -0.452 e. The van der Waals surface area contributed by atoms with Gasteiger partial charge in [-0.15, -0.1) is 0 Å². The van der Waals surface area contributed by atoms with E-state index in [0.717, 1.165) is 31.2 Å². The number of halogens is 1. The Kier molecular flexibility index (Phi) is 6.56. The fourth-order valence-electron chi connectivity index (χ4n) is 2.79. The second-order valence-corrected chi connectivity index (χ2v) is 6.08. The first-order chi connectivity index (χ1) is 11.1. The lowest BCUT2D eigenvalue weighted by molar-refractivity contribution is -0.159. The van der Waals surface area contributed by atoms with Crippen LogP contribution < -0.4 is 5.32 Å². The van der Waals surface area contributed by atoms with Gasteiger partial charge < -0.3 is 10.1 Å². The van der Waals surface area contributed by atoms with E-state index in [-0.39, 0.29) is 23.6 Å². The molecule has 5 heteroatoms. The van der Waals surface area contributed by atoms with Gasteiger partial charge in [-0.2, -0.15) is 0 Å². The number of carbonyl (C=O) groups is 2. The normalized spacial score (nSPS) is 16.6. The standard InChI is InChI=1S/C18H24FNO3/c1-13(23-18(22)15-5-3-2-4-6-15)17(21)20-12-11-14-7-9-16(19)10-8-14/h7-10,13,15H,2-6,11-12H2,1H3,(H,20,21)/t13-/m0/s1. The highest BCUT2D eigenvalue weighted by molar-refractivity contribution is 5.83. The van der Waals surface area contributed by atoms with Crippen molar-refractivity contribution in [2.24, 2.45) is 5.92 Å². The molecule has 0 saturated heterocycles. The molecule has 0 aliphatic heterocycles. The molecule has 1 N–H and O–H groups in total. The highest BCUT2D eigenvalue weighted by Crippen LogP contribution is 2.25. The van der Waals surface area contributed by atoms with Gasteiger partial charge >= 0.3 is 5.97 Å². The third kappa shape index (κ3) is 5.66. The van der Waals surface area contributed by atoms with E-state index in [1.54, 1.807) is 19.1 Å². The van der Waals surface area contributed by atoms with E-state index < -0.39 is 6.10 Å². The third-order valence-corrected chi connectivity index (χ3v) is 4.23. The topological polar surface area (TPSA) is 55.4 Å². The zero-order chi connectivity index (χ0) is 16.7. The van der Waals surface area contributed by atoms with Crippen LogP contribution in [-0.4, -0.2) is 24.5 Å². The van der Waals surface area contributed by atoms with Crippen LogP contribution in [0.15, 0.2) is 24.3 Å². The molecule has 1 aromatic carbocycles. The first kappa shape index (κ1) is 17.4. The van der Waals surface area contributed by atoms with Crippen molar-refractivity contribution in [2.75, 3.05) is 6.54 Å². The smallest absolute Gasteiger partial charge is 0.309 e. The Balaban J connectivity index is 1.69. The van der Waals surface area contributed by atoms with Gasteiger partial charge in [0.25, 0.3) is 5.91 Å². The molecule has 1 saturated carbocycles. The Hall–Kier alpha value is -1.91. The number of rotatable bonds is 6. The van der Waals surface area contributed by atoms with Crippen molar-refractivity contribution in [3.63, 3.8) is 0 Å². The van der Waals surface area contributed by atoms with E-state index in [1.165, 1.54) is 18.6 Å². The van der Waals surface area contributed by atoms with Crippen LogP contribution in [0.1, 0.15) is 44.6 Å². The molecule has 0 unspecified atom stereocenters. The van der Waals surface area contributed by atoms with Crippen molar-refractivity contribution in [2.45, 2.75) is 51.6 Å². The molecule has 1 aromatic rings. The molecule has 23 heavy (non-hydrogen) atoms. The summed E-state index contributed by atoms with van der Waals surface area (Å²) in [5.74, 6) is -0.888. The maximum absolute atomic E-state index is 12.8. The maximum atomic E-state index is 12.8. The predicted octanol–water partition coefficient (Wildman–Crippen LogP) is 3.00. The molecule has 0 radical (unpaired) electrons. The SMILES string of the molecule is C[C@H](OC(=O)C1CCCCC1)C(=O)NCCc1ccc(F)cc1. The number of hydrogen-bond acceptors (Lipinski definition) is 3. The van der Waals surface area contributed by atoms with E-state index in [9.17, 15) is 14.0 Å². The summed E-state index contributed by atoms with van der Waals surface area (Å²) in [4.78, 5) is 24.0. The molecule has 0 aromatic heterocycles. The summed E-state index contributed by atoms with van der Waals surface area (Å²) in [6.07, 6.45) is 4.82. The van der Waals surface area contributed by atoms with Crippen LogP contribution in [0.2, 0.25) is 0 Å². The number of ether oxygens (including phenoxy) is 1. The molecular weight excluding hydrogens is 297 g/mol.